The summed E-state index contributed by atoms with van der Waals surface area (Å²) in [6, 6.07) is 17.5. The minimum Gasteiger partial charge on any atom is -0.279 e. The van der Waals surface area contributed by atoms with Crippen LogP contribution < -0.4 is 10.1 Å². The number of hydrazone groups is 1. The molecule has 0 bridgehead atoms. The van der Waals surface area contributed by atoms with E-state index in [1.807, 2.05) is 18.2 Å². The highest BCUT2D eigenvalue weighted by atomic mass is 32.2. The minimum absolute atomic E-state index is 0.238. The fourth-order valence-electron chi connectivity index (χ4n) is 3.02. The van der Waals surface area contributed by atoms with Gasteiger partial charge in [0.15, 0.2) is 0 Å². The van der Waals surface area contributed by atoms with Gasteiger partial charge in [0.05, 0.1) is 5.71 Å². The molecule has 28 heavy (non-hydrogen) atoms. The van der Waals surface area contributed by atoms with Crippen LogP contribution in [0.3, 0.4) is 0 Å². The summed E-state index contributed by atoms with van der Waals surface area (Å²) in [5.74, 6) is -0.343. The van der Waals surface area contributed by atoms with E-state index >= 15 is 0 Å². The van der Waals surface area contributed by atoms with Gasteiger partial charge in [0.1, 0.15) is 4.21 Å². The number of amides is 1. The van der Waals surface area contributed by atoms with Crippen molar-refractivity contribution in [2.75, 3.05) is 4.72 Å². The van der Waals surface area contributed by atoms with Gasteiger partial charge in [-0.05, 0) is 54.1 Å². The molecule has 0 aliphatic heterocycles. The summed E-state index contributed by atoms with van der Waals surface area (Å²) in [6.45, 7) is 0. The number of sulfonamides is 1. The van der Waals surface area contributed by atoms with Gasteiger partial charge in [0, 0.05) is 16.8 Å². The van der Waals surface area contributed by atoms with Gasteiger partial charge < -0.3 is 0 Å². The van der Waals surface area contributed by atoms with Crippen LogP contribution >= 0.6 is 11.3 Å². The van der Waals surface area contributed by atoms with Crippen molar-refractivity contribution in [3.63, 3.8) is 0 Å². The summed E-state index contributed by atoms with van der Waals surface area (Å²) < 4.78 is 27.2. The van der Waals surface area contributed by atoms with Gasteiger partial charge in [-0.15, -0.1) is 11.3 Å². The second-order valence-corrected chi connectivity index (χ2v) is 9.13. The molecule has 0 saturated carbocycles. The highest BCUT2D eigenvalue weighted by molar-refractivity contribution is 7.94. The van der Waals surface area contributed by atoms with Crippen LogP contribution in [0.5, 0.6) is 0 Å². The number of benzene rings is 2. The number of hydrogen-bond acceptors (Lipinski definition) is 5. The van der Waals surface area contributed by atoms with E-state index in [1.54, 1.807) is 35.7 Å². The van der Waals surface area contributed by atoms with Crippen molar-refractivity contribution in [2.24, 2.45) is 5.10 Å². The van der Waals surface area contributed by atoms with Crippen LogP contribution in [0.25, 0.3) is 0 Å². The first-order valence-corrected chi connectivity index (χ1v) is 11.0. The van der Waals surface area contributed by atoms with Crippen LogP contribution in [-0.4, -0.2) is 20.0 Å². The Labute approximate surface area is 167 Å². The number of nitrogens with zero attached hydrogens (tertiary/aromatic N) is 1. The Morgan fingerprint density at radius 1 is 0.964 bits per heavy atom. The van der Waals surface area contributed by atoms with Crippen molar-refractivity contribution in [1.29, 1.82) is 0 Å². The summed E-state index contributed by atoms with van der Waals surface area (Å²) in [5.41, 5.74) is 6.54. The molecule has 6 nitrogen and oxygen atoms in total. The number of carbonyl (C=O) groups excluding carboxylic acids is 1. The molecule has 1 aliphatic rings. The van der Waals surface area contributed by atoms with Gasteiger partial charge >= 0.3 is 0 Å². The van der Waals surface area contributed by atoms with Crippen molar-refractivity contribution < 1.29 is 13.2 Å². The molecule has 2 N–H and O–H groups in total. The smallest absolute Gasteiger partial charge is 0.271 e. The van der Waals surface area contributed by atoms with Crippen LogP contribution in [0.4, 0.5) is 5.69 Å². The molecular weight excluding hydrogens is 394 g/mol. The Morgan fingerprint density at radius 3 is 2.50 bits per heavy atom. The Kier molecular flexibility index (Phi) is 4.97. The third-order valence-corrected chi connectivity index (χ3v) is 7.19. The molecule has 0 saturated heterocycles. The number of carbonyl (C=O) groups is 1. The van der Waals surface area contributed by atoms with Crippen molar-refractivity contribution in [2.45, 2.75) is 17.1 Å². The lowest BCUT2D eigenvalue weighted by Crippen LogP contribution is -2.19. The predicted molar refractivity (Wildman–Crippen MR) is 110 cm³/mol. The maximum absolute atomic E-state index is 12.3. The molecule has 1 aromatic heterocycles. The number of fused-ring (bicyclic) bond motifs is 1. The zero-order valence-electron chi connectivity index (χ0n) is 14.8. The number of aryl methyl sites for hydroxylation is 1. The second-order valence-electron chi connectivity index (χ2n) is 6.27. The van der Waals surface area contributed by atoms with Crippen LogP contribution in [0.15, 0.2) is 75.4 Å². The fraction of sp³-hybridized carbons (Fsp3) is 0.100. The molecule has 1 amide bonds. The molecule has 3 aromatic rings. The first-order valence-electron chi connectivity index (χ1n) is 8.64. The highest BCUT2D eigenvalue weighted by Gasteiger charge is 2.18. The maximum Gasteiger partial charge on any atom is 0.271 e. The van der Waals surface area contributed by atoms with Crippen molar-refractivity contribution in [1.82, 2.24) is 5.43 Å². The maximum atomic E-state index is 12.3. The third-order valence-electron chi connectivity index (χ3n) is 4.41. The molecule has 0 radical (unpaired) electrons. The number of nitrogens with one attached hydrogen (secondary N) is 2. The van der Waals surface area contributed by atoms with E-state index in [2.05, 4.69) is 21.3 Å². The molecule has 1 aliphatic carbocycles. The van der Waals surface area contributed by atoms with Gasteiger partial charge in [-0.25, -0.2) is 13.8 Å². The largest absolute Gasteiger partial charge is 0.279 e. The zero-order chi connectivity index (χ0) is 19.6. The molecule has 0 spiro atoms. The Morgan fingerprint density at radius 2 is 1.75 bits per heavy atom. The molecule has 0 unspecified atom stereocenters. The van der Waals surface area contributed by atoms with Crippen LogP contribution in [0, 0.1) is 0 Å². The molecule has 8 heteroatoms. The van der Waals surface area contributed by atoms with E-state index < -0.39 is 10.0 Å². The monoisotopic (exact) mass is 411 g/mol. The van der Waals surface area contributed by atoms with Gasteiger partial charge in [-0.2, -0.15) is 5.10 Å². The average Bonchev–Trinajstić information content (AvgIpc) is 3.37. The summed E-state index contributed by atoms with van der Waals surface area (Å²) in [4.78, 5) is 12.3. The SMILES string of the molecule is O=C(N/N=C1\CCc2ccccc21)c1ccc(NS(=O)(=O)c2cccs2)cc1. The standard InChI is InChI=1S/C20H17N3O3S2/c24-20(22-21-18-12-9-14-4-1-2-5-17(14)18)15-7-10-16(11-8-15)23-28(25,26)19-6-3-13-27-19/h1-8,10-11,13,23H,9,12H2,(H,22,24)/b21-18+. The molecule has 0 atom stereocenters. The molecule has 142 valence electrons. The quantitative estimate of drug-likeness (QED) is 0.629. The highest BCUT2D eigenvalue weighted by Crippen LogP contribution is 2.22. The Bertz CT molecular complexity index is 1140. The summed E-state index contributed by atoms with van der Waals surface area (Å²) >= 11 is 1.14. The van der Waals surface area contributed by atoms with Crippen molar-refractivity contribution in [3.05, 3.63) is 82.7 Å². The van der Waals surface area contributed by atoms with E-state index in [-0.39, 0.29) is 10.1 Å². The second kappa shape index (κ2) is 7.57. The summed E-state index contributed by atoms with van der Waals surface area (Å²) in [5, 5.41) is 5.96. The van der Waals surface area contributed by atoms with Crippen LogP contribution in [-0.2, 0) is 16.4 Å². The topological polar surface area (TPSA) is 87.6 Å². The van der Waals surface area contributed by atoms with E-state index in [4.69, 9.17) is 0 Å². The van der Waals surface area contributed by atoms with E-state index in [0.717, 1.165) is 35.5 Å². The van der Waals surface area contributed by atoms with Gasteiger partial charge in [-0.3, -0.25) is 9.52 Å². The van der Waals surface area contributed by atoms with Gasteiger partial charge in [-0.1, -0.05) is 30.3 Å². The van der Waals surface area contributed by atoms with Crippen LogP contribution in [0.2, 0.25) is 0 Å². The van der Waals surface area contributed by atoms with Crippen molar-refractivity contribution in [3.8, 4) is 0 Å². The molecule has 2 aromatic carbocycles. The number of rotatable bonds is 5. The molecule has 1 heterocycles. The Hall–Kier alpha value is -2.97. The van der Waals surface area contributed by atoms with Crippen LogP contribution in [0.1, 0.15) is 27.9 Å². The van der Waals surface area contributed by atoms with E-state index in [0.29, 0.717) is 11.3 Å². The Balaban J connectivity index is 1.43. The average molecular weight is 412 g/mol. The first-order chi connectivity index (χ1) is 13.5. The fourth-order valence-corrected chi connectivity index (χ4v) is 5.07. The lowest BCUT2D eigenvalue weighted by Gasteiger charge is -2.07. The number of anilines is 1. The normalized spacial score (nSPS) is 14.6. The lowest BCUT2D eigenvalue weighted by molar-refractivity contribution is 0.0955. The zero-order valence-corrected chi connectivity index (χ0v) is 16.4. The summed E-state index contributed by atoms with van der Waals surface area (Å²) in [6.07, 6.45) is 1.72. The van der Waals surface area contributed by atoms with Gasteiger partial charge in [0.25, 0.3) is 15.9 Å². The number of hydrogen-bond donors (Lipinski definition) is 2. The number of thiophene rings is 1. The van der Waals surface area contributed by atoms with E-state index in [1.165, 1.54) is 11.6 Å². The van der Waals surface area contributed by atoms with Gasteiger partial charge in [0.2, 0.25) is 0 Å². The minimum atomic E-state index is -3.61. The van der Waals surface area contributed by atoms with E-state index in [9.17, 15) is 13.2 Å². The first kappa shape index (κ1) is 18.4. The molecule has 0 fully saturated rings. The van der Waals surface area contributed by atoms with Crippen molar-refractivity contribution >= 4 is 38.7 Å². The third kappa shape index (κ3) is 3.83. The molecule has 4 rings (SSSR count). The predicted octanol–water partition coefficient (Wildman–Crippen LogP) is 3.63. The summed E-state index contributed by atoms with van der Waals surface area (Å²) in [7, 11) is -3.61. The lowest BCUT2D eigenvalue weighted by atomic mass is 10.1. The molecular formula is C20H17N3O3S2.